The summed E-state index contributed by atoms with van der Waals surface area (Å²) in [7, 11) is 3.11. The first kappa shape index (κ1) is 34.7. The van der Waals surface area contributed by atoms with Gasteiger partial charge in [0.15, 0.2) is 23.0 Å². The topological polar surface area (TPSA) is 116 Å². The lowest BCUT2D eigenvalue weighted by Crippen LogP contribution is -2.32. The van der Waals surface area contributed by atoms with E-state index in [4.69, 9.17) is 29.7 Å². The second kappa shape index (κ2) is 14.5. The van der Waals surface area contributed by atoms with Crippen LogP contribution in [-0.4, -0.2) is 67.3 Å². The standard InChI is InChI=1S/C42H44N4O6/c1-6-31-16-28(26-8-9-26)23-45(31)41(47)34-19-37(49-4)39(18-33(34)25(2)3)51-14-7-15-52-40-21-36-35(20-38(40)50-5)42(48)46-24-29(17-32(46)22-44-36)27-10-12-30(43)13-11-27/h6,10-13,18-24,26,31-32H,1-2,7-9,14-17,43H2,3-5H3. The number of aliphatic imine (C=N–C) groups is 1. The van der Waals surface area contributed by atoms with Crippen LogP contribution in [0.25, 0.3) is 11.1 Å². The quantitative estimate of drug-likeness (QED) is 0.110. The Labute approximate surface area is 304 Å². The van der Waals surface area contributed by atoms with E-state index in [1.165, 1.54) is 18.4 Å². The Morgan fingerprint density at radius 1 is 0.942 bits per heavy atom. The molecule has 3 aromatic rings. The molecule has 10 heteroatoms. The fourth-order valence-corrected chi connectivity index (χ4v) is 6.99. The molecule has 3 heterocycles. The van der Waals surface area contributed by atoms with E-state index in [9.17, 15) is 9.59 Å². The van der Waals surface area contributed by atoms with Crippen molar-refractivity contribution in [3.8, 4) is 23.0 Å². The lowest BCUT2D eigenvalue weighted by Gasteiger charge is -2.23. The fourth-order valence-electron chi connectivity index (χ4n) is 6.99. The van der Waals surface area contributed by atoms with Gasteiger partial charge in [0.1, 0.15) is 0 Å². The van der Waals surface area contributed by atoms with Crippen molar-refractivity contribution in [2.75, 3.05) is 33.2 Å². The van der Waals surface area contributed by atoms with E-state index in [1.54, 1.807) is 42.2 Å². The molecule has 52 heavy (non-hydrogen) atoms. The third-order valence-corrected chi connectivity index (χ3v) is 10.0. The van der Waals surface area contributed by atoms with E-state index in [2.05, 4.69) is 13.2 Å². The number of nitrogens with zero attached hydrogens (tertiary/aromatic N) is 3. The van der Waals surface area contributed by atoms with Crippen LogP contribution in [0.2, 0.25) is 0 Å². The predicted octanol–water partition coefficient (Wildman–Crippen LogP) is 7.83. The van der Waals surface area contributed by atoms with Gasteiger partial charge in [0.25, 0.3) is 11.8 Å². The van der Waals surface area contributed by atoms with E-state index in [1.807, 2.05) is 61.9 Å². The zero-order valence-electron chi connectivity index (χ0n) is 29.9. The van der Waals surface area contributed by atoms with Crippen LogP contribution in [0.15, 0.2) is 90.7 Å². The summed E-state index contributed by atoms with van der Waals surface area (Å²) < 4.78 is 23.6. The van der Waals surface area contributed by atoms with Crippen molar-refractivity contribution in [1.29, 1.82) is 0 Å². The zero-order valence-corrected chi connectivity index (χ0v) is 29.9. The maximum Gasteiger partial charge on any atom is 0.260 e. The van der Waals surface area contributed by atoms with Gasteiger partial charge in [-0.05, 0) is 84.7 Å². The Bertz CT molecular complexity index is 2030. The van der Waals surface area contributed by atoms with Crippen molar-refractivity contribution < 1.29 is 28.5 Å². The number of ether oxygens (including phenoxy) is 4. The summed E-state index contributed by atoms with van der Waals surface area (Å²) in [6.07, 6.45) is 11.9. The van der Waals surface area contributed by atoms with Crippen molar-refractivity contribution >= 4 is 40.5 Å². The molecule has 268 valence electrons. The summed E-state index contributed by atoms with van der Waals surface area (Å²) in [5, 5.41) is 0. The highest BCUT2D eigenvalue weighted by atomic mass is 16.5. The van der Waals surface area contributed by atoms with Gasteiger partial charge in [0.05, 0.1) is 56.3 Å². The number of nitrogens with two attached hydrogens (primary N) is 1. The van der Waals surface area contributed by atoms with Crippen molar-refractivity contribution in [2.45, 2.75) is 51.1 Å². The van der Waals surface area contributed by atoms with E-state index < -0.39 is 0 Å². The van der Waals surface area contributed by atoms with E-state index in [0.29, 0.717) is 83.0 Å². The van der Waals surface area contributed by atoms with Gasteiger partial charge >= 0.3 is 0 Å². The summed E-state index contributed by atoms with van der Waals surface area (Å²) >= 11 is 0. The molecule has 0 spiro atoms. The molecule has 2 unspecified atom stereocenters. The fraction of sp³-hybridized carbons (Fsp3) is 0.310. The molecular formula is C42H44N4O6. The normalized spacial score (nSPS) is 18.9. The van der Waals surface area contributed by atoms with Gasteiger partial charge in [-0.2, -0.15) is 0 Å². The average Bonchev–Trinajstić information content (AvgIpc) is 3.80. The Kier molecular flexibility index (Phi) is 9.64. The average molecular weight is 701 g/mol. The molecule has 3 aromatic carbocycles. The minimum Gasteiger partial charge on any atom is -0.493 e. The largest absolute Gasteiger partial charge is 0.493 e. The van der Waals surface area contributed by atoms with Crippen LogP contribution in [0.3, 0.4) is 0 Å². The minimum atomic E-state index is -0.198. The second-order valence-electron chi connectivity index (χ2n) is 13.6. The summed E-state index contributed by atoms with van der Waals surface area (Å²) in [6, 6.07) is 14.4. The molecule has 0 aromatic heterocycles. The molecule has 0 bridgehead atoms. The first-order chi connectivity index (χ1) is 25.2. The highest BCUT2D eigenvalue weighted by Gasteiger charge is 2.37. The van der Waals surface area contributed by atoms with Crippen molar-refractivity contribution in [2.24, 2.45) is 10.9 Å². The molecule has 1 fully saturated rings. The molecule has 2 atom stereocenters. The smallest absolute Gasteiger partial charge is 0.260 e. The number of rotatable bonds is 13. The molecule has 10 nitrogen and oxygen atoms in total. The highest BCUT2D eigenvalue weighted by Crippen LogP contribution is 2.44. The Morgan fingerprint density at radius 2 is 1.62 bits per heavy atom. The third-order valence-electron chi connectivity index (χ3n) is 10.0. The molecule has 0 saturated heterocycles. The molecular weight excluding hydrogens is 656 g/mol. The lowest BCUT2D eigenvalue weighted by atomic mass is 9.99. The number of carbonyl (C=O) groups is 2. The number of carbonyl (C=O) groups excluding carboxylic acids is 2. The van der Waals surface area contributed by atoms with Crippen LogP contribution in [0.4, 0.5) is 11.4 Å². The predicted molar refractivity (Wildman–Crippen MR) is 203 cm³/mol. The van der Waals surface area contributed by atoms with Gasteiger partial charge in [-0.25, -0.2) is 0 Å². The molecule has 4 aliphatic rings. The van der Waals surface area contributed by atoms with Gasteiger partial charge in [-0.3, -0.25) is 14.6 Å². The molecule has 2 N–H and O–H groups in total. The first-order valence-corrected chi connectivity index (χ1v) is 17.6. The summed E-state index contributed by atoms with van der Waals surface area (Å²) in [5.74, 6) is 2.20. The van der Waals surface area contributed by atoms with Crippen LogP contribution in [0, 0.1) is 5.92 Å². The maximum absolute atomic E-state index is 13.9. The van der Waals surface area contributed by atoms with Crippen molar-refractivity contribution in [1.82, 2.24) is 9.80 Å². The first-order valence-electron chi connectivity index (χ1n) is 17.6. The number of benzene rings is 3. The molecule has 2 amide bonds. The van der Waals surface area contributed by atoms with Crippen LogP contribution in [0.5, 0.6) is 23.0 Å². The second-order valence-corrected chi connectivity index (χ2v) is 13.6. The van der Waals surface area contributed by atoms with Crippen LogP contribution < -0.4 is 24.7 Å². The van der Waals surface area contributed by atoms with Crippen LogP contribution in [-0.2, 0) is 0 Å². The van der Waals surface area contributed by atoms with Crippen LogP contribution >= 0.6 is 0 Å². The SMILES string of the molecule is C=CC1CC(C2CC2)=CN1C(=O)c1cc(OC)c(OCCCOc2cc3c(cc2OC)C(=O)N2C=C(c4ccc(N)cc4)CC2C=N3)cc1C(=C)C. The molecule has 0 radical (unpaired) electrons. The maximum atomic E-state index is 13.9. The van der Waals surface area contributed by atoms with Gasteiger partial charge in [0, 0.05) is 43.2 Å². The lowest BCUT2D eigenvalue weighted by molar-refractivity contribution is 0.0801. The minimum absolute atomic E-state index is 0.0720. The molecule has 7 rings (SSSR count). The Balaban J connectivity index is 1.01. The number of hydrogen-bond donors (Lipinski definition) is 1. The van der Waals surface area contributed by atoms with Crippen molar-refractivity contribution in [3.05, 3.63) is 108 Å². The van der Waals surface area contributed by atoms with Gasteiger partial charge in [0.2, 0.25) is 0 Å². The number of amides is 2. The highest BCUT2D eigenvalue weighted by molar-refractivity contribution is 6.05. The zero-order chi connectivity index (χ0) is 36.5. The summed E-state index contributed by atoms with van der Waals surface area (Å²) in [6.45, 7) is 10.6. The van der Waals surface area contributed by atoms with Crippen LogP contribution in [0.1, 0.15) is 70.9 Å². The van der Waals surface area contributed by atoms with E-state index in [-0.39, 0.29) is 23.9 Å². The number of nitrogen functional groups attached to an aromatic ring is 1. The number of fused-ring (bicyclic) bond motifs is 2. The third kappa shape index (κ3) is 6.80. The van der Waals surface area contributed by atoms with Gasteiger partial charge in [-0.15, -0.1) is 6.58 Å². The number of anilines is 1. The Morgan fingerprint density at radius 3 is 2.27 bits per heavy atom. The molecule has 1 saturated carbocycles. The number of methoxy groups -OCH3 is 2. The summed E-state index contributed by atoms with van der Waals surface area (Å²) in [4.78, 5) is 35.8. The van der Waals surface area contributed by atoms with E-state index in [0.717, 1.165) is 23.1 Å². The molecule has 1 aliphatic carbocycles. The molecule has 3 aliphatic heterocycles. The van der Waals surface area contributed by atoms with Crippen molar-refractivity contribution in [3.63, 3.8) is 0 Å². The monoisotopic (exact) mass is 700 g/mol. The van der Waals surface area contributed by atoms with Gasteiger partial charge < -0.3 is 34.5 Å². The number of allylic oxidation sites excluding steroid dienone is 1. The number of hydrogen-bond acceptors (Lipinski definition) is 8. The summed E-state index contributed by atoms with van der Waals surface area (Å²) in [5.41, 5.74) is 12.9. The Hall–Kier alpha value is -5.77. The van der Waals surface area contributed by atoms with Gasteiger partial charge in [-0.1, -0.05) is 30.4 Å². The van der Waals surface area contributed by atoms with E-state index >= 15 is 0 Å².